The van der Waals surface area contributed by atoms with Gasteiger partial charge in [0.2, 0.25) is 0 Å². The number of nitrogens with zero attached hydrogens (tertiary/aromatic N) is 2. The summed E-state index contributed by atoms with van der Waals surface area (Å²) in [5.74, 6) is -2.16. The SMILES string of the molecule is Cc1cccc(C(=O)N2CCO[C@H](C(=O)N[C@@H](Cc3cc(F)cc(F)c3)[C@H](O)CN[C@H]3CC4(CCC4)Cc4ncc(C)cc43)C2)c1. The molecule has 3 aromatic rings. The number of pyridine rings is 1. The smallest absolute Gasteiger partial charge is 0.254 e. The average Bonchev–Trinajstić information content (AvgIpc) is 3.01. The number of carbonyl (C=O) groups excluding carboxylic acids is 2. The molecule has 8 nitrogen and oxygen atoms in total. The lowest BCUT2D eigenvalue weighted by atomic mass is 9.59. The second-order valence-electron chi connectivity index (χ2n) is 13.4. The van der Waals surface area contributed by atoms with Gasteiger partial charge in [0.05, 0.1) is 25.3 Å². The molecular weight excluding hydrogens is 590 g/mol. The molecule has 2 fully saturated rings. The molecule has 2 amide bonds. The summed E-state index contributed by atoms with van der Waals surface area (Å²) in [6, 6.07) is 11.7. The fourth-order valence-electron chi connectivity index (χ4n) is 7.18. The van der Waals surface area contributed by atoms with Gasteiger partial charge in [-0.15, -0.1) is 0 Å². The first-order valence-electron chi connectivity index (χ1n) is 16.2. The fraction of sp³-hybridized carbons (Fsp3) is 0.472. The second kappa shape index (κ2) is 13.6. The van der Waals surface area contributed by atoms with Gasteiger partial charge in [-0.3, -0.25) is 14.6 Å². The summed E-state index contributed by atoms with van der Waals surface area (Å²) >= 11 is 0. The Morgan fingerprint density at radius 1 is 1.11 bits per heavy atom. The Hall–Kier alpha value is -3.73. The first kappa shape index (κ1) is 32.2. The summed E-state index contributed by atoms with van der Waals surface area (Å²) in [6.07, 6.45) is 5.23. The number of aromatic nitrogens is 1. The fourth-order valence-corrected chi connectivity index (χ4v) is 7.18. The third-order valence-electron chi connectivity index (χ3n) is 9.76. The van der Waals surface area contributed by atoms with Crippen molar-refractivity contribution in [3.63, 3.8) is 0 Å². The number of carbonyl (C=O) groups is 2. The predicted molar refractivity (Wildman–Crippen MR) is 169 cm³/mol. The third-order valence-corrected chi connectivity index (χ3v) is 9.76. The zero-order valence-electron chi connectivity index (χ0n) is 26.4. The molecular formula is C36H42F2N4O4. The van der Waals surface area contributed by atoms with Crippen molar-refractivity contribution in [3.05, 3.63) is 99.9 Å². The molecule has 1 saturated carbocycles. The maximum absolute atomic E-state index is 14.1. The molecule has 1 saturated heterocycles. The highest BCUT2D eigenvalue weighted by molar-refractivity contribution is 5.95. The predicted octanol–water partition coefficient (Wildman–Crippen LogP) is 4.35. The number of ether oxygens (including phenoxy) is 1. The largest absolute Gasteiger partial charge is 0.390 e. The normalized spacial score (nSPS) is 21.6. The summed E-state index contributed by atoms with van der Waals surface area (Å²) < 4.78 is 34.0. The van der Waals surface area contributed by atoms with E-state index in [1.165, 1.54) is 18.6 Å². The highest BCUT2D eigenvalue weighted by Gasteiger charge is 2.44. The van der Waals surface area contributed by atoms with Gasteiger partial charge in [-0.05, 0) is 92.3 Å². The van der Waals surface area contributed by atoms with Crippen LogP contribution in [-0.4, -0.2) is 71.3 Å². The Kier molecular flexibility index (Phi) is 9.49. The average molecular weight is 633 g/mol. The molecule has 2 heterocycles. The Labute approximate surface area is 268 Å². The van der Waals surface area contributed by atoms with Crippen LogP contribution >= 0.6 is 0 Å². The van der Waals surface area contributed by atoms with Gasteiger partial charge in [-0.25, -0.2) is 8.78 Å². The molecule has 1 aliphatic heterocycles. The maximum Gasteiger partial charge on any atom is 0.254 e. The van der Waals surface area contributed by atoms with Gasteiger partial charge in [0.15, 0.2) is 6.10 Å². The first-order chi connectivity index (χ1) is 22.1. The lowest BCUT2D eigenvalue weighted by molar-refractivity contribution is -0.138. The van der Waals surface area contributed by atoms with Crippen LogP contribution in [0.25, 0.3) is 0 Å². The number of hydrogen-bond acceptors (Lipinski definition) is 6. The molecule has 46 heavy (non-hydrogen) atoms. The molecule has 10 heteroatoms. The standard InChI is InChI=1S/C36H42F2N4O4/c1-22-5-3-6-25(11-22)35(45)42-9-10-46-33(21-42)34(44)41-29(15-24-13-26(37)16-27(38)14-24)32(43)20-40-31-18-36(7-4-8-36)17-30-28(31)12-23(2)19-39-30/h3,5-6,11-14,16,19,29,31-33,40,43H,4,7-10,15,17-18,20-21H2,1-2H3,(H,41,44)/t29-,31-,32+,33-/m0/s1. The molecule has 3 N–H and O–H groups in total. The summed E-state index contributed by atoms with van der Waals surface area (Å²) in [4.78, 5) is 33.1. The van der Waals surface area contributed by atoms with Crippen LogP contribution in [0, 0.1) is 30.9 Å². The summed E-state index contributed by atoms with van der Waals surface area (Å²) in [7, 11) is 0. The number of aliphatic hydroxyl groups is 1. The minimum Gasteiger partial charge on any atom is -0.390 e. The van der Waals surface area contributed by atoms with Crippen molar-refractivity contribution in [2.24, 2.45) is 5.41 Å². The maximum atomic E-state index is 14.1. The minimum absolute atomic E-state index is 0.00617. The monoisotopic (exact) mass is 632 g/mol. The van der Waals surface area contributed by atoms with Crippen LogP contribution in [0.1, 0.15) is 70.0 Å². The number of halogens is 2. The molecule has 1 aromatic heterocycles. The number of benzene rings is 2. The molecule has 4 atom stereocenters. The molecule has 2 aliphatic carbocycles. The number of aryl methyl sites for hydroxylation is 2. The highest BCUT2D eigenvalue weighted by atomic mass is 19.1. The van der Waals surface area contributed by atoms with E-state index in [1.807, 2.05) is 32.2 Å². The van der Waals surface area contributed by atoms with E-state index in [1.54, 1.807) is 17.0 Å². The van der Waals surface area contributed by atoms with E-state index in [0.29, 0.717) is 17.7 Å². The number of hydrogen-bond donors (Lipinski definition) is 3. The number of morpholine rings is 1. The number of nitrogens with one attached hydrogen (secondary N) is 2. The zero-order valence-corrected chi connectivity index (χ0v) is 26.4. The quantitative estimate of drug-likeness (QED) is 0.324. The van der Waals surface area contributed by atoms with Crippen LogP contribution in [0.5, 0.6) is 0 Å². The van der Waals surface area contributed by atoms with E-state index in [0.717, 1.165) is 54.1 Å². The lowest BCUT2D eigenvalue weighted by Gasteiger charge is -2.48. The van der Waals surface area contributed by atoms with Crippen LogP contribution in [0.2, 0.25) is 0 Å². The van der Waals surface area contributed by atoms with Crippen LogP contribution in [-0.2, 0) is 22.4 Å². The highest BCUT2D eigenvalue weighted by Crippen LogP contribution is 2.53. The van der Waals surface area contributed by atoms with Gasteiger partial charge >= 0.3 is 0 Å². The number of rotatable bonds is 9. The Balaban J connectivity index is 1.17. The molecule has 244 valence electrons. The van der Waals surface area contributed by atoms with E-state index in [2.05, 4.69) is 16.7 Å². The third kappa shape index (κ3) is 7.29. The number of aliphatic hydroxyl groups excluding tert-OH is 1. The molecule has 0 unspecified atom stereocenters. The Bertz CT molecular complexity index is 1580. The van der Waals surface area contributed by atoms with E-state index < -0.39 is 35.8 Å². The van der Waals surface area contributed by atoms with Gasteiger partial charge < -0.3 is 25.4 Å². The molecule has 1 spiro atoms. The van der Waals surface area contributed by atoms with Crippen LogP contribution < -0.4 is 10.6 Å². The first-order valence-corrected chi connectivity index (χ1v) is 16.2. The minimum atomic E-state index is -1.09. The topological polar surface area (TPSA) is 104 Å². The number of amides is 2. The van der Waals surface area contributed by atoms with E-state index in [9.17, 15) is 23.5 Å². The van der Waals surface area contributed by atoms with Gasteiger partial charge in [-0.1, -0.05) is 30.2 Å². The van der Waals surface area contributed by atoms with Crippen molar-refractivity contribution in [3.8, 4) is 0 Å². The number of fused-ring (bicyclic) bond motifs is 1. The lowest BCUT2D eigenvalue weighted by Crippen LogP contribution is -2.56. The summed E-state index contributed by atoms with van der Waals surface area (Å²) in [5.41, 5.74) is 5.29. The van der Waals surface area contributed by atoms with Crippen molar-refractivity contribution in [2.45, 2.75) is 76.7 Å². The Morgan fingerprint density at radius 3 is 2.61 bits per heavy atom. The van der Waals surface area contributed by atoms with Crippen molar-refractivity contribution in [1.29, 1.82) is 0 Å². The van der Waals surface area contributed by atoms with Crippen LogP contribution in [0.3, 0.4) is 0 Å². The molecule has 6 rings (SSSR count). The molecule has 0 radical (unpaired) electrons. The van der Waals surface area contributed by atoms with Gasteiger partial charge in [0.25, 0.3) is 11.8 Å². The van der Waals surface area contributed by atoms with E-state index >= 15 is 0 Å². The summed E-state index contributed by atoms with van der Waals surface area (Å²) in [5, 5.41) is 17.9. The molecule has 2 aromatic carbocycles. The zero-order chi connectivity index (χ0) is 32.4. The Morgan fingerprint density at radius 2 is 1.89 bits per heavy atom. The van der Waals surface area contributed by atoms with Gasteiger partial charge in [-0.2, -0.15) is 0 Å². The summed E-state index contributed by atoms with van der Waals surface area (Å²) in [6.45, 7) is 4.62. The van der Waals surface area contributed by atoms with E-state index in [4.69, 9.17) is 9.72 Å². The van der Waals surface area contributed by atoms with Crippen LogP contribution in [0.4, 0.5) is 8.78 Å². The molecule has 0 bridgehead atoms. The van der Waals surface area contributed by atoms with Crippen molar-refractivity contribution in [1.82, 2.24) is 20.5 Å². The van der Waals surface area contributed by atoms with Crippen LogP contribution in [0.15, 0.2) is 54.7 Å². The second-order valence-corrected chi connectivity index (χ2v) is 13.4. The van der Waals surface area contributed by atoms with Gasteiger partial charge in [0, 0.05) is 42.7 Å². The van der Waals surface area contributed by atoms with Crippen molar-refractivity contribution >= 4 is 11.8 Å². The molecule has 3 aliphatic rings. The van der Waals surface area contributed by atoms with Gasteiger partial charge in [0.1, 0.15) is 11.6 Å². The van der Waals surface area contributed by atoms with E-state index in [-0.39, 0.29) is 43.5 Å². The van der Waals surface area contributed by atoms with Crippen molar-refractivity contribution in [2.75, 3.05) is 26.2 Å². The van der Waals surface area contributed by atoms with Crippen molar-refractivity contribution < 1.29 is 28.2 Å².